The molecule has 0 spiro atoms. The summed E-state index contributed by atoms with van der Waals surface area (Å²) in [5.41, 5.74) is 0. The number of hydrogen-bond donors (Lipinski definition) is 1. The SMILES string of the molecule is O=C(COc1cccnc1Cl)Nc1ccnn1Cc1cccs1. The van der Waals surface area contributed by atoms with Gasteiger partial charge >= 0.3 is 0 Å². The lowest BCUT2D eigenvalue weighted by atomic mass is 10.4. The van der Waals surface area contributed by atoms with Crippen LogP contribution in [0.4, 0.5) is 5.82 Å². The van der Waals surface area contributed by atoms with Gasteiger partial charge in [0, 0.05) is 17.1 Å². The minimum atomic E-state index is -0.294. The second kappa shape index (κ2) is 7.26. The number of nitrogens with one attached hydrogen (secondary N) is 1. The molecule has 0 unspecified atom stereocenters. The van der Waals surface area contributed by atoms with E-state index in [1.54, 1.807) is 46.6 Å². The molecule has 1 amide bonds. The molecule has 3 heterocycles. The molecule has 0 aliphatic carbocycles. The molecule has 3 aromatic heterocycles. The summed E-state index contributed by atoms with van der Waals surface area (Å²) in [4.78, 5) is 17.1. The Morgan fingerprint density at radius 1 is 1.30 bits per heavy atom. The Morgan fingerprint density at radius 3 is 3.00 bits per heavy atom. The van der Waals surface area contributed by atoms with Gasteiger partial charge < -0.3 is 10.1 Å². The molecule has 0 aliphatic heterocycles. The fourth-order valence-corrected chi connectivity index (χ4v) is 2.78. The molecular weight excluding hydrogens is 336 g/mol. The van der Waals surface area contributed by atoms with Crippen LogP contribution in [0.5, 0.6) is 5.75 Å². The van der Waals surface area contributed by atoms with Gasteiger partial charge in [0.15, 0.2) is 17.5 Å². The van der Waals surface area contributed by atoms with E-state index in [0.717, 1.165) is 4.88 Å². The number of rotatable bonds is 6. The lowest BCUT2D eigenvalue weighted by Gasteiger charge is -2.09. The summed E-state index contributed by atoms with van der Waals surface area (Å²) in [6.45, 7) is 0.450. The molecule has 3 rings (SSSR count). The molecule has 0 radical (unpaired) electrons. The van der Waals surface area contributed by atoms with E-state index in [2.05, 4.69) is 15.4 Å². The highest BCUT2D eigenvalue weighted by Crippen LogP contribution is 2.20. The summed E-state index contributed by atoms with van der Waals surface area (Å²) in [6, 6.07) is 9.08. The zero-order valence-electron chi connectivity index (χ0n) is 12.0. The fourth-order valence-electron chi connectivity index (χ4n) is 1.92. The Kier molecular flexibility index (Phi) is 4.89. The fraction of sp³-hybridized carbons (Fsp3) is 0.133. The maximum absolute atomic E-state index is 12.0. The van der Waals surface area contributed by atoms with Crippen LogP contribution in [0.1, 0.15) is 4.88 Å². The van der Waals surface area contributed by atoms with Gasteiger partial charge in [-0.2, -0.15) is 5.10 Å². The summed E-state index contributed by atoms with van der Waals surface area (Å²) in [7, 11) is 0. The maximum Gasteiger partial charge on any atom is 0.263 e. The first-order chi connectivity index (χ1) is 11.2. The lowest BCUT2D eigenvalue weighted by Crippen LogP contribution is -2.22. The quantitative estimate of drug-likeness (QED) is 0.695. The average Bonchev–Trinajstić information content (AvgIpc) is 3.20. The molecule has 0 saturated carbocycles. The molecule has 0 bridgehead atoms. The van der Waals surface area contributed by atoms with Crippen LogP contribution in [-0.4, -0.2) is 27.3 Å². The Balaban J connectivity index is 1.58. The van der Waals surface area contributed by atoms with Crippen molar-refractivity contribution < 1.29 is 9.53 Å². The number of halogens is 1. The van der Waals surface area contributed by atoms with Crippen LogP contribution in [-0.2, 0) is 11.3 Å². The monoisotopic (exact) mass is 348 g/mol. The molecule has 3 aromatic rings. The number of hydrogen-bond acceptors (Lipinski definition) is 5. The molecule has 0 atom stereocenters. The first kappa shape index (κ1) is 15.5. The predicted octanol–water partition coefficient (Wildman–Crippen LogP) is 3.06. The van der Waals surface area contributed by atoms with Gasteiger partial charge in [-0.15, -0.1) is 11.3 Å². The number of anilines is 1. The van der Waals surface area contributed by atoms with E-state index in [9.17, 15) is 4.79 Å². The summed E-state index contributed by atoms with van der Waals surface area (Å²) in [5, 5.41) is 9.21. The highest BCUT2D eigenvalue weighted by atomic mass is 35.5. The smallest absolute Gasteiger partial charge is 0.263 e. The zero-order valence-corrected chi connectivity index (χ0v) is 13.5. The van der Waals surface area contributed by atoms with Crippen molar-refractivity contribution in [1.29, 1.82) is 0 Å². The molecule has 0 fully saturated rings. The second-order valence-corrected chi connectivity index (χ2v) is 5.97. The molecule has 0 aliphatic rings. The molecule has 0 saturated heterocycles. The Hall–Kier alpha value is -2.38. The van der Waals surface area contributed by atoms with Crippen molar-refractivity contribution in [1.82, 2.24) is 14.8 Å². The van der Waals surface area contributed by atoms with E-state index in [1.807, 2.05) is 17.5 Å². The summed E-state index contributed by atoms with van der Waals surface area (Å²) >= 11 is 7.51. The number of thiophene rings is 1. The van der Waals surface area contributed by atoms with Crippen molar-refractivity contribution in [2.24, 2.45) is 0 Å². The van der Waals surface area contributed by atoms with Gasteiger partial charge in [-0.3, -0.25) is 4.79 Å². The predicted molar refractivity (Wildman–Crippen MR) is 89.0 cm³/mol. The number of aromatic nitrogens is 3. The van der Waals surface area contributed by atoms with Gasteiger partial charge in [0.2, 0.25) is 0 Å². The average molecular weight is 349 g/mol. The summed E-state index contributed by atoms with van der Waals surface area (Å²) in [5.74, 6) is 0.693. The summed E-state index contributed by atoms with van der Waals surface area (Å²) < 4.78 is 7.08. The van der Waals surface area contributed by atoms with Crippen LogP contribution >= 0.6 is 22.9 Å². The van der Waals surface area contributed by atoms with E-state index >= 15 is 0 Å². The standard InChI is InChI=1S/C15H13ClN4O2S/c16-15-12(4-1-6-17-15)22-10-14(21)19-13-5-7-18-20(13)9-11-3-2-8-23-11/h1-8H,9-10H2,(H,19,21). The lowest BCUT2D eigenvalue weighted by molar-refractivity contribution is -0.118. The van der Waals surface area contributed by atoms with Crippen molar-refractivity contribution in [3.63, 3.8) is 0 Å². The number of pyridine rings is 1. The number of carbonyl (C=O) groups is 1. The minimum Gasteiger partial charge on any atom is -0.481 e. The van der Waals surface area contributed by atoms with Gasteiger partial charge in [-0.05, 0) is 23.6 Å². The summed E-state index contributed by atoms with van der Waals surface area (Å²) in [6.07, 6.45) is 3.19. The Bertz CT molecular complexity index is 788. The number of amides is 1. The Labute approximate surface area is 141 Å². The van der Waals surface area contributed by atoms with Crippen LogP contribution in [0.25, 0.3) is 0 Å². The zero-order chi connectivity index (χ0) is 16.1. The van der Waals surface area contributed by atoms with Crippen molar-refractivity contribution in [3.05, 3.63) is 58.1 Å². The highest BCUT2D eigenvalue weighted by molar-refractivity contribution is 7.09. The van der Waals surface area contributed by atoms with E-state index in [-0.39, 0.29) is 17.7 Å². The molecule has 1 N–H and O–H groups in total. The molecular formula is C15H13ClN4O2S. The van der Waals surface area contributed by atoms with E-state index in [4.69, 9.17) is 16.3 Å². The number of ether oxygens (including phenoxy) is 1. The third-order valence-electron chi connectivity index (χ3n) is 2.95. The van der Waals surface area contributed by atoms with Crippen molar-refractivity contribution in [2.45, 2.75) is 6.54 Å². The van der Waals surface area contributed by atoms with Crippen LogP contribution < -0.4 is 10.1 Å². The van der Waals surface area contributed by atoms with Gasteiger partial charge in [0.25, 0.3) is 5.91 Å². The molecule has 118 valence electrons. The third-order valence-corrected chi connectivity index (χ3v) is 4.10. The van der Waals surface area contributed by atoms with Gasteiger partial charge in [-0.25, -0.2) is 9.67 Å². The molecule has 6 nitrogen and oxygen atoms in total. The van der Waals surface area contributed by atoms with Gasteiger partial charge in [0.1, 0.15) is 5.82 Å². The second-order valence-electron chi connectivity index (χ2n) is 4.58. The van der Waals surface area contributed by atoms with E-state index < -0.39 is 0 Å². The molecule has 8 heteroatoms. The van der Waals surface area contributed by atoms with Crippen LogP contribution in [0.3, 0.4) is 0 Å². The Morgan fingerprint density at radius 2 is 2.22 bits per heavy atom. The van der Waals surface area contributed by atoms with Crippen LogP contribution in [0, 0.1) is 0 Å². The molecule has 0 aromatic carbocycles. The maximum atomic E-state index is 12.0. The normalized spacial score (nSPS) is 10.5. The topological polar surface area (TPSA) is 69.0 Å². The van der Waals surface area contributed by atoms with Crippen molar-refractivity contribution in [2.75, 3.05) is 11.9 Å². The van der Waals surface area contributed by atoms with Crippen molar-refractivity contribution in [3.8, 4) is 5.75 Å². The first-order valence-electron chi connectivity index (χ1n) is 6.80. The highest BCUT2D eigenvalue weighted by Gasteiger charge is 2.10. The minimum absolute atomic E-state index is 0.157. The van der Waals surface area contributed by atoms with Crippen LogP contribution in [0.2, 0.25) is 5.15 Å². The first-order valence-corrected chi connectivity index (χ1v) is 8.05. The van der Waals surface area contributed by atoms with Gasteiger partial charge in [0.05, 0.1) is 12.7 Å². The number of carbonyl (C=O) groups excluding carboxylic acids is 1. The van der Waals surface area contributed by atoms with E-state index in [1.165, 1.54) is 0 Å². The van der Waals surface area contributed by atoms with Crippen molar-refractivity contribution >= 4 is 34.7 Å². The molecule has 23 heavy (non-hydrogen) atoms. The van der Waals surface area contributed by atoms with E-state index in [0.29, 0.717) is 18.1 Å². The third kappa shape index (κ3) is 4.08. The van der Waals surface area contributed by atoms with Crippen LogP contribution in [0.15, 0.2) is 48.1 Å². The number of nitrogens with zero attached hydrogens (tertiary/aromatic N) is 3. The van der Waals surface area contributed by atoms with Gasteiger partial charge in [-0.1, -0.05) is 17.7 Å². The largest absolute Gasteiger partial charge is 0.481 e.